The van der Waals surface area contributed by atoms with E-state index in [1.54, 1.807) is 0 Å². The van der Waals surface area contributed by atoms with E-state index < -0.39 is 0 Å². The van der Waals surface area contributed by atoms with E-state index in [9.17, 15) is 0 Å². The van der Waals surface area contributed by atoms with Crippen molar-refractivity contribution >= 4 is 11.6 Å². The van der Waals surface area contributed by atoms with Crippen molar-refractivity contribution < 1.29 is 0 Å². The monoisotopic (exact) mass is 181 g/mol. The minimum absolute atomic E-state index is 0.677. The van der Waals surface area contributed by atoms with Gasteiger partial charge in [0, 0.05) is 5.69 Å². The smallest absolute Gasteiger partial charge is 0.132 e. The molecule has 0 radical (unpaired) electrons. The van der Waals surface area contributed by atoms with Gasteiger partial charge in [0.1, 0.15) is 5.15 Å². The van der Waals surface area contributed by atoms with Crippen LogP contribution >= 0.6 is 11.6 Å². The van der Waals surface area contributed by atoms with Gasteiger partial charge in [0.15, 0.2) is 0 Å². The molecular formula is C10H12ClN. The summed E-state index contributed by atoms with van der Waals surface area (Å²) in [7, 11) is 0. The maximum atomic E-state index is 5.93. The zero-order valence-electron chi connectivity index (χ0n) is 7.23. The fourth-order valence-corrected chi connectivity index (χ4v) is 1.88. The van der Waals surface area contributed by atoms with E-state index >= 15 is 0 Å². The fraction of sp³-hybridized carbons (Fsp3) is 0.500. The Labute approximate surface area is 77.8 Å². The summed E-state index contributed by atoms with van der Waals surface area (Å²) in [6.45, 7) is 2.02. The second-order valence-electron chi connectivity index (χ2n) is 3.41. The molecule has 0 N–H and O–H groups in total. The number of fused-ring (bicyclic) bond motifs is 1. The number of aromatic nitrogens is 1. The lowest BCUT2D eigenvalue weighted by Crippen LogP contribution is -2.05. The first-order chi connectivity index (χ1) is 5.77. The fourth-order valence-electron chi connectivity index (χ4n) is 1.72. The highest BCUT2D eigenvalue weighted by Gasteiger charge is 2.11. The third-order valence-corrected chi connectivity index (χ3v) is 2.81. The van der Waals surface area contributed by atoms with Crippen LogP contribution in [0.4, 0.5) is 0 Å². The lowest BCUT2D eigenvalue weighted by atomic mass is 9.95. The van der Waals surface area contributed by atoms with Gasteiger partial charge < -0.3 is 0 Å². The van der Waals surface area contributed by atoms with E-state index in [0.717, 1.165) is 12.0 Å². The molecule has 0 unspecified atom stereocenters. The molecule has 2 heteroatoms. The molecule has 1 nitrogen and oxygen atoms in total. The minimum Gasteiger partial charge on any atom is -0.241 e. The largest absolute Gasteiger partial charge is 0.241 e. The predicted octanol–water partition coefficient (Wildman–Crippen LogP) is 2.92. The molecule has 1 aromatic heterocycles. The van der Waals surface area contributed by atoms with Gasteiger partial charge in [0.25, 0.3) is 0 Å². The number of aryl methyl sites for hydroxylation is 3. The molecule has 0 aromatic carbocycles. The third kappa shape index (κ3) is 1.34. The first-order valence-electron chi connectivity index (χ1n) is 4.42. The van der Waals surface area contributed by atoms with E-state index in [1.807, 2.05) is 6.92 Å². The molecule has 0 saturated heterocycles. The molecule has 1 heterocycles. The van der Waals surface area contributed by atoms with Crippen molar-refractivity contribution in [2.24, 2.45) is 0 Å². The average molecular weight is 182 g/mol. The van der Waals surface area contributed by atoms with Crippen molar-refractivity contribution in [2.75, 3.05) is 0 Å². The van der Waals surface area contributed by atoms with Gasteiger partial charge in [-0.1, -0.05) is 17.7 Å². The number of pyridine rings is 1. The molecule has 64 valence electrons. The normalized spacial score (nSPS) is 15.8. The number of hydrogen-bond donors (Lipinski definition) is 0. The third-order valence-electron chi connectivity index (χ3n) is 2.43. The van der Waals surface area contributed by atoms with Crippen LogP contribution in [0.2, 0.25) is 5.15 Å². The summed E-state index contributed by atoms with van der Waals surface area (Å²) < 4.78 is 0. The Morgan fingerprint density at radius 2 is 2.08 bits per heavy atom. The second-order valence-corrected chi connectivity index (χ2v) is 3.77. The van der Waals surface area contributed by atoms with Crippen LogP contribution in [-0.4, -0.2) is 4.98 Å². The topological polar surface area (TPSA) is 12.9 Å². The first kappa shape index (κ1) is 8.06. The van der Waals surface area contributed by atoms with Crippen molar-refractivity contribution in [3.8, 4) is 0 Å². The molecule has 1 aliphatic carbocycles. The van der Waals surface area contributed by atoms with E-state index in [-0.39, 0.29) is 0 Å². The summed E-state index contributed by atoms with van der Waals surface area (Å²) in [6, 6.07) is 2.18. The highest BCUT2D eigenvalue weighted by molar-refractivity contribution is 6.30. The van der Waals surface area contributed by atoms with Crippen LogP contribution in [-0.2, 0) is 12.8 Å². The highest BCUT2D eigenvalue weighted by Crippen LogP contribution is 2.23. The van der Waals surface area contributed by atoms with Gasteiger partial charge in [-0.05, 0) is 43.7 Å². The van der Waals surface area contributed by atoms with Gasteiger partial charge in [-0.3, -0.25) is 0 Å². The Hall–Kier alpha value is -0.560. The first-order valence-corrected chi connectivity index (χ1v) is 4.80. The zero-order chi connectivity index (χ0) is 8.55. The number of rotatable bonds is 0. The van der Waals surface area contributed by atoms with Crippen LogP contribution in [0, 0.1) is 6.92 Å². The molecule has 0 saturated carbocycles. The SMILES string of the molecule is Cc1cc2c(nc1Cl)CCCC2. The maximum absolute atomic E-state index is 5.93. The lowest BCUT2D eigenvalue weighted by molar-refractivity contribution is 0.667. The van der Waals surface area contributed by atoms with E-state index in [1.165, 1.54) is 30.5 Å². The summed E-state index contributed by atoms with van der Waals surface area (Å²) in [4.78, 5) is 4.38. The summed E-state index contributed by atoms with van der Waals surface area (Å²) in [5.41, 5.74) is 3.73. The van der Waals surface area contributed by atoms with Crippen LogP contribution in [0.15, 0.2) is 6.07 Å². The molecule has 0 amide bonds. The van der Waals surface area contributed by atoms with Crippen LogP contribution in [0.3, 0.4) is 0 Å². The van der Waals surface area contributed by atoms with Crippen molar-refractivity contribution in [1.29, 1.82) is 0 Å². The van der Waals surface area contributed by atoms with E-state index in [2.05, 4.69) is 11.1 Å². The van der Waals surface area contributed by atoms with Gasteiger partial charge in [0.2, 0.25) is 0 Å². The predicted molar refractivity (Wildman–Crippen MR) is 50.6 cm³/mol. The Bertz CT molecular complexity index is 276. The molecule has 0 atom stereocenters. The molecule has 1 aliphatic rings. The number of halogens is 1. The van der Waals surface area contributed by atoms with E-state index in [0.29, 0.717) is 5.15 Å². The van der Waals surface area contributed by atoms with Gasteiger partial charge in [-0.15, -0.1) is 0 Å². The molecule has 12 heavy (non-hydrogen) atoms. The summed E-state index contributed by atoms with van der Waals surface area (Å²) in [5.74, 6) is 0. The molecular weight excluding hydrogens is 170 g/mol. The number of nitrogens with zero attached hydrogens (tertiary/aromatic N) is 1. The highest BCUT2D eigenvalue weighted by atomic mass is 35.5. The van der Waals surface area contributed by atoms with Crippen molar-refractivity contribution in [3.05, 3.63) is 28.0 Å². The zero-order valence-corrected chi connectivity index (χ0v) is 7.99. The minimum atomic E-state index is 0.677. The molecule has 0 spiro atoms. The van der Waals surface area contributed by atoms with Gasteiger partial charge in [-0.2, -0.15) is 0 Å². The molecule has 2 rings (SSSR count). The Balaban J connectivity index is 2.49. The second kappa shape index (κ2) is 3.06. The lowest BCUT2D eigenvalue weighted by Gasteiger charge is -2.15. The van der Waals surface area contributed by atoms with Crippen molar-refractivity contribution in [1.82, 2.24) is 4.98 Å². The Morgan fingerprint density at radius 1 is 1.33 bits per heavy atom. The summed E-state index contributed by atoms with van der Waals surface area (Å²) in [6.07, 6.45) is 4.85. The van der Waals surface area contributed by atoms with Crippen molar-refractivity contribution in [3.63, 3.8) is 0 Å². The average Bonchev–Trinajstić information content (AvgIpc) is 2.07. The maximum Gasteiger partial charge on any atom is 0.132 e. The van der Waals surface area contributed by atoms with E-state index in [4.69, 9.17) is 11.6 Å². The summed E-state index contributed by atoms with van der Waals surface area (Å²) >= 11 is 5.93. The van der Waals surface area contributed by atoms with Gasteiger partial charge in [-0.25, -0.2) is 4.98 Å². The molecule has 1 aromatic rings. The molecule has 0 aliphatic heterocycles. The van der Waals surface area contributed by atoms with Crippen LogP contribution in [0.1, 0.15) is 29.7 Å². The van der Waals surface area contributed by atoms with Gasteiger partial charge >= 0.3 is 0 Å². The Morgan fingerprint density at radius 3 is 2.92 bits per heavy atom. The number of hydrogen-bond acceptors (Lipinski definition) is 1. The van der Waals surface area contributed by atoms with Crippen LogP contribution in [0.5, 0.6) is 0 Å². The Kier molecular flexibility index (Phi) is 2.05. The standard InChI is InChI=1S/C10H12ClN/c1-7-6-8-4-2-3-5-9(8)12-10(7)11/h6H,2-5H2,1H3. The molecule has 0 fully saturated rings. The quantitative estimate of drug-likeness (QED) is 0.561. The van der Waals surface area contributed by atoms with Crippen LogP contribution < -0.4 is 0 Å². The van der Waals surface area contributed by atoms with Crippen LogP contribution in [0.25, 0.3) is 0 Å². The molecule has 0 bridgehead atoms. The van der Waals surface area contributed by atoms with Crippen molar-refractivity contribution in [2.45, 2.75) is 32.6 Å². The van der Waals surface area contributed by atoms with Gasteiger partial charge in [0.05, 0.1) is 0 Å². The summed E-state index contributed by atoms with van der Waals surface area (Å²) in [5, 5.41) is 0.677.